The number of carboxylic acid groups (broad SMARTS) is 1. The number of hydrogen-bond acceptors (Lipinski definition) is 2. The van der Waals surface area contributed by atoms with Gasteiger partial charge in [0, 0.05) is 5.41 Å². The Hall–Kier alpha value is -1.09. The molecule has 34 heavy (non-hydrogen) atoms. The van der Waals surface area contributed by atoms with E-state index in [9.17, 15) is 15.0 Å². The van der Waals surface area contributed by atoms with E-state index in [1.807, 2.05) is 0 Å². The topological polar surface area (TPSA) is 57.5 Å². The second-order valence-corrected chi connectivity index (χ2v) is 14.0. The van der Waals surface area contributed by atoms with Gasteiger partial charge in [0.1, 0.15) is 0 Å². The first-order chi connectivity index (χ1) is 15.8. The lowest BCUT2D eigenvalue weighted by Crippen LogP contribution is -2.55. The van der Waals surface area contributed by atoms with Crippen molar-refractivity contribution in [1.82, 2.24) is 0 Å². The van der Waals surface area contributed by atoms with Gasteiger partial charge in [-0.1, -0.05) is 91.0 Å². The minimum atomic E-state index is -0.663. The van der Waals surface area contributed by atoms with E-state index >= 15 is 0 Å². The van der Waals surface area contributed by atoms with Crippen molar-refractivity contribution in [2.45, 2.75) is 119 Å². The van der Waals surface area contributed by atoms with Crippen LogP contribution in [0.1, 0.15) is 113 Å². The molecule has 0 heterocycles. The van der Waals surface area contributed by atoms with Crippen molar-refractivity contribution in [1.29, 1.82) is 0 Å². The summed E-state index contributed by atoms with van der Waals surface area (Å²) in [7, 11) is 0. The van der Waals surface area contributed by atoms with Crippen LogP contribution in [0, 0.1) is 45.3 Å². The largest absolute Gasteiger partial charge is 0.481 e. The van der Waals surface area contributed by atoms with Crippen LogP contribution in [0.4, 0.5) is 0 Å². The SMILES string of the molecule is CC(C)CCC[C@@H](C)[C@H]1C=C[C@@]2(CC(=O)O)C3=C(CC[C@]12C)[C@@]1(C)CC[C@H](O)C(C)(C)C1CC3. The molecule has 0 aromatic carbocycles. The molecule has 2 N–H and O–H groups in total. The number of carbonyl (C=O) groups is 1. The summed E-state index contributed by atoms with van der Waals surface area (Å²) in [6.07, 6.45) is 14.7. The molecule has 0 bridgehead atoms. The highest BCUT2D eigenvalue weighted by molar-refractivity contribution is 5.70. The van der Waals surface area contributed by atoms with Crippen molar-refractivity contribution >= 4 is 5.97 Å². The number of allylic oxidation sites excluding steroid dienone is 4. The van der Waals surface area contributed by atoms with Crippen LogP contribution in [0.2, 0.25) is 0 Å². The fourth-order valence-electron chi connectivity index (χ4n) is 9.44. The monoisotopic (exact) mass is 470 g/mol. The van der Waals surface area contributed by atoms with Crippen LogP contribution in [0.3, 0.4) is 0 Å². The predicted octanol–water partition coefficient (Wildman–Crippen LogP) is 7.79. The lowest BCUT2D eigenvalue weighted by molar-refractivity contribution is -0.141. The normalized spacial score (nSPS) is 41.7. The predicted molar refractivity (Wildman–Crippen MR) is 139 cm³/mol. The maximum absolute atomic E-state index is 12.4. The molecule has 1 fully saturated rings. The Balaban J connectivity index is 1.73. The molecular weight excluding hydrogens is 420 g/mol. The van der Waals surface area contributed by atoms with E-state index in [0.29, 0.717) is 17.8 Å². The van der Waals surface area contributed by atoms with Gasteiger partial charge >= 0.3 is 5.97 Å². The smallest absolute Gasteiger partial charge is 0.304 e. The molecule has 4 aliphatic carbocycles. The minimum absolute atomic E-state index is 0.0195. The summed E-state index contributed by atoms with van der Waals surface area (Å²) in [5.41, 5.74) is 2.66. The van der Waals surface area contributed by atoms with Gasteiger partial charge in [-0.05, 0) is 78.4 Å². The zero-order chi connectivity index (χ0) is 25.1. The van der Waals surface area contributed by atoms with E-state index in [4.69, 9.17) is 0 Å². The standard InChI is InChI=1S/C31H50O3/c1-20(2)9-8-10-21(3)22-14-18-31(19-27(33)34)24-11-12-25-28(4,5)26(32)15-16-29(25,6)23(24)13-17-30(22,31)7/h14,18,20-22,25-26,32H,8-13,15-17,19H2,1-7H3,(H,33,34)/t21-,22-,25?,26+,29-,30-,31-/m1/s1. The molecule has 4 aliphatic rings. The molecule has 0 spiro atoms. The van der Waals surface area contributed by atoms with E-state index in [-0.39, 0.29) is 34.2 Å². The number of rotatable bonds is 7. The highest BCUT2D eigenvalue weighted by Gasteiger charge is 2.63. The average molecular weight is 471 g/mol. The van der Waals surface area contributed by atoms with Crippen molar-refractivity contribution in [3.63, 3.8) is 0 Å². The van der Waals surface area contributed by atoms with E-state index in [0.717, 1.165) is 44.4 Å². The summed E-state index contributed by atoms with van der Waals surface area (Å²) in [4.78, 5) is 12.4. The third-order valence-corrected chi connectivity index (χ3v) is 11.5. The number of aliphatic hydroxyl groups is 1. The molecule has 3 heteroatoms. The van der Waals surface area contributed by atoms with E-state index in [1.54, 1.807) is 5.57 Å². The van der Waals surface area contributed by atoms with Crippen LogP contribution < -0.4 is 0 Å². The molecule has 4 rings (SSSR count). The number of carboxylic acids is 1. The quantitative estimate of drug-likeness (QED) is 0.373. The summed E-state index contributed by atoms with van der Waals surface area (Å²) >= 11 is 0. The Bertz CT molecular complexity index is 866. The number of aliphatic hydroxyl groups excluding tert-OH is 1. The first-order valence-electron chi connectivity index (χ1n) is 14.1. The lowest BCUT2D eigenvalue weighted by Gasteiger charge is -2.62. The highest BCUT2D eigenvalue weighted by Crippen LogP contribution is 2.71. The molecule has 0 amide bonds. The lowest BCUT2D eigenvalue weighted by atomic mass is 9.42. The molecule has 0 aliphatic heterocycles. The maximum atomic E-state index is 12.4. The second-order valence-electron chi connectivity index (χ2n) is 14.0. The minimum Gasteiger partial charge on any atom is -0.481 e. The molecule has 0 saturated heterocycles. The van der Waals surface area contributed by atoms with Gasteiger partial charge in [0.2, 0.25) is 0 Å². The van der Waals surface area contributed by atoms with Crippen LogP contribution in [0.25, 0.3) is 0 Å². The molecular formula is C31H50O3. The Morgan fingerprint density at radius 3 is 2.38 bits per heavy atom. The molecule has 0 radical (unpaired) electrons. The second kappa shape index (κ2) is 8.79. The molecule has 7 atom stereocenters. The molecule has 0 aromatic rings. The van der Waals surface area contributed by atoms with Gasteiger partial charge in [-0.3, -0.25) is 4.79 Å². The molecule has 192 valence electrons. The van der Waals surface area contributed by atoms with Crippen LogP contribution in [0.5, 0.6) is 0 Å². The van der Waals surface area contributed by atoms with E-state index in [2.05, 4.69) is 60.6 Å². The van der Waals surface area contributed by atoms with Crippen molar-refractivity contribution in [2.24, 2.45) is 45.3 Å². The van der Waals surface area contributed by atoms with E-state index in [1.165, 1.54) is 24.8 Å². The Kier molecular flexibility index (Phi) is 6.71. The fourth-order valence-corrected chi connectivity index (χ4v) is 9.44. The molecule has 0 aromatic heterocycles. The van der Waals surface area contributed by atoms with Crippen LogP contribution >= 0.6 is 0 Å². The van der Waals surface area contributed by atoms with E-state index < -0.39 is 5.97 Å². The highest BCUT2D eigenvalue weighted by atomic mass is 16.4. The first kappa shape index (κ1) is 26.0. The zero-order valence-corrected chi connectivity index (χ0v) is 22.9. The Morgan fingerprint density at radius 1 is 1.03 bits per heavy atom. The van der Waals surface area contributed by atoms with Gasteiger partial charge in [-0.15, -0.1) is 0 Å². The van der Waals surface area contributed by atoms with Crippen molar-refractivity contribution < 1.29 is 15.0 Å². The summed E-state index contributed by atoms with van der Waals surface area (Å²) in [6, 6.07) is 0. The first-order valence-corrected chi connectivity index (χ1v) is 14.1. The fraction of sp³-hybridized carbons (Fsp3) is 0.839. The van der Waals surface area contributed by atoms with Gasteiger partial charge in [0.15, 0.2) is 0 Å². The molecule has 3 nitrogen and oxygen atoms in total. The summed E-state index contributed by atoms with van der Waals surface area (Å²) in [5, 5.41) is 21.0. The summed E-state index contributed by atoms with van der Waals surface area (Å²) in [5.74, 6) is 1.57. The van der Waals surface area contributed by atoms with Crippen molar-refractivity contribution in [3.05, 3.63) is 23.3 Å². The van der Waals surface area contributed by atoms with Crippen LogP contribution in [-0.2, 0) is 4.79 Å². The number of fused-ring (bicyclic) bond motifs is 4. The summed E-state index contributed by atoms with van der Waals surface area (Å²) in [6.45, 7) is 16.4. The van der Waals surface area contributed by atoms with Gasteiger partial charge in [-0.2, -0.15) is 0 Å². The van der Waals surface area contributed by atoms with Crippen LogP contribution in [0.15, 0.2) is 23.3 Å². The number of hydrogen-bond donors (Lipinski definition) is 2. The third kappa shape index (κ3) is 3.75. The van der Waals surface area contributed by atoms with Crippen molar-refractivity contribution in [3.8, 4) is 0 Å². The van der Waals surface area contributed by atoms with Crippen molar-refractivity contribution in [2.75, 3.05) is 0 Å². The zero-order valence-electron chi connectivity index (χ0n) is 22.9. The average Bonchev–Trinajstić information content (AvgIpc) is 3.03. The molecule has 1 unspecified atom stereocenters. The van der Waals surface area contributed by atoms with Gasteiger partial charge in [0.05, 0.1) is 12.5 Å². The summed E-state index contributed by atoms with van der Waals surface area (Å²) < 4.78 is 0. The third-order valence-electron chi connectivity index (χ3n) is 11.5. The Labute approximate surface area is 208 Å². The van der Waals surface area contributed by atoms with Crippen LogP contribution in [-0.4, -0.2) is 22.3 Å². The number of aliphatic carboxylic acids is 1. The Morgan fingerprint density at radius 2 is 1.74 bits per heavy atom. The van der Waals surface area contributed by atoms with Gasteiger partial charge in [-0.25, -0.2) is 0 Å². The maximum Gasteiger partial charge on any atom is 0.304 e. The van der Waals surface area contributed by atoms with Gasteiger partial charge < -0.3 is 10.2 Å². The molecule has 1 saturated carbocycles. The van der Waals surface area contributed by atoms with Gasteiger partial charge in [0.25, 0.3) is 0 Å².